The van der Waals surface area contributed by atoms with Gasteiger partial charge >= 0.3 is 0 Å². The van der Waals surface area contributed by atoms with Crippen LogP contribution in [-0.2, 0) is 4.79 Å². The lowest BCUT2D eigenvalue weighted by molar-refractivity contribution is -0.127. The summed E-state index contributed by atoms with van der Waals surface area (Å²) in [6, 6.07) is 13.5. The van der Waals surface area contributed by atoms with Crippen molar-refractivity contribution in [3.8, 4) is 16.9 Å². The van der Waals surface area contributed by atoms with Gasteiger partial charge in [0.15, 0.2) is 0 Å². The quantitative estimate of drug-likeness (QED) is 0.411. The number of aromatic nitrogens is 3. The molecule has 34 heavy (non-hydrogen) atoms. The third-order valence-corrected chi connectivity index (χ3v) is 6.20. The van der Waals surface area contributed by atoms with Crippen LogP contribution in [0.2, 0.25) is 0 Å². The topological polar surface area (TPSA) is 83.3 Å². The van der Waals surface area contributed by atoms with Gasteiger partial charge in [-0.1, -0.05) is 18.7 Å². The summed E-state index contributed by atoms with van der Waals surface area (Å²) in [5.41, 5.74) is 2.25. The Bertz CT molecular complexity index is 1340. The number of nitrogens with one attached hydrogen (secondary N) is 1. The number of pyridine rings is 1. The van der Waals surface area contributed by atoms with Gasteiger partial charge in [-0.15, -0.1) is 0 Å². The molecule has 2 N–H and O–H groups in total. The zero-order chi connectivity index (χ0) is 23.7. The number of phenolic OH excluding ortho intramolecular Hbond substituents is 1. The average Bonchev–Trinajstić information content (AvgIpc) is 3.22. The van der Waals surface area contributed by atoms with E-state index in [-0.39, 0.29) is 23.3 Å². The average molecular weight is 458 g/mol. The number of fused-ring (bicyclic) bond motifs is 1. The second kappa shape index (κ2) is 8.97. The smallest absolute Gasteiger partial charge is 0.245 e. The Labute approximate surface area is 196 Å². The zero-order valence-electron chi connectivity index (χ0n) is 18.5. The monoisotopic (exact) mass is 457 g/mol. The van der Waals surface area contributed by atoms with Gasteiger partial charge in [-0.25, -0.2) is 9.07 Å². The number of rotatable bonds is 5. The van der Waals surface area contributed by atoms with Crippen LogP contribution >= 0.6 is 0 Å². The summed E-state index contributed by atoms with van der Waals surface area (Å²) in [5.74, 6) is 0.0850. The first-order valence-corrected chi connectivity index (χ1v) is 11.1. The molecule has 8 heteroatoms. The Morgan fingerprint density at radius 2 is 2.00 bits per heavy atom. The van der Waals surface area contributed by atoms with Gasteiger partial charge in [0, 0.05) is 24.7 Å². The van der Waals surface area contributed by atoms with Gasteiger partial charge in [0.2, 0.25) is 5.91 Å². The Kier molecular flexibility index (Phi) is 5.71. The lowest BCUT2D eigenvalue weighted by Gasteiger charge is -2.32. The van der Waals surface area contributed by atoms with Crippen molar-refractivity contribution in [2.24, 2.45) is 0 Å². The molecule has 0 bridgehead atoms. The van der Waals surface area contributed by atoms with Crippen molar-refractivity contribution in [1.29, 1.82) is 0 Å². The summed E-state index contributed by atoms with van der Waals surface area (Å²) < 4.78 is 16.5. The third kappa shape index (κ3) is 3.98. The molecule has 0 aliphatic carbocycles. The van der Waals surface area contributed by atoms with Crippen LogP contribution in [0.25, 0.3) is 22.0 Å². The van der Waals surface area contributed by atoms with Gasteiger partial charge in [0.25, 0.3) is 0 Å². The highest BCUT2D eigenvalue weighted by Crippen LogP contribution is 2.38. The number of carbonyl (C=O) groups excluding carboxylic acids is 1. The van der Waals surface area contributed by atoms with Crippen molar-refractivity contribution >= 4 is 28.3 Å². The predicted molar refractivity (Wildman–Crippen MR) is 129 cm³/mol. The van der Waals surface area contributed by atoms with Crippen LogP contribution < -0.4 is 5.32 Å². The molecule has 0 saturated carbocycles. The number of likely N-dealkylation sites (tertiary alicyclic amines) is 1. The van der Waals surface area contributed by atoms with Gasteiger partial charge in [0.1, 0.15) is 17.4 Å². The van der Waals surface area contributed by atoms with Crippen molar-refractivity contribution in [3.63, 3.8) is 0 Å². The molecule has 4 aromatic rings. The van der Waals surface area contributed by atoms with E-state index in [9.17, 15) is 14.3 Å². The van der Waals surface area contributed by atoms with Crippen LogP contribution in [-0.4, -0.2) is 43.8 Å². The molecular weight excluding hydrogens is 433 g/mol. The van der Waals surface area contributed by atoms with Crippen LogP contribution in [0.5, 0.6) is 5.75 Å². The number of hydrogen-bond acceptors (Lipinski definition) is 5. The molecule has 1 fully saturated rings. The van der Waals surface area contributed by atoms with Gasteiger partial charge in [0.05, 0.1) is 29.0 Å². The molecule has 1 aliphatic heterocycles. The number of piperidine rings is 1. The minimum atomic E-state index is -0.493. The van der Waals surface area contributed by atoms with E-state index >= 15 is 0 Å². The maximum Gasteiger partial charge on any atom is 0.245 e. The first-order valence-electron chi connectivity index (χ1n) is 11.1. The molecule has 7 nitrogen and oxygen atoms in total. The minimum absolute atomic E-state index is 0.0628. The van der Waals surface area contributed by atoms with E-state index in [0.717, 1.165) is 35.2 Å². The summed E-state index contributed by atoms with van der Waals surface area (Å²) in [4.78, 5) is 18.0. The molecule has 3 heterocycles. The van der Waals surface area contributed by atoms with Gasteiger partial charge in [-0.3, -0.25) is 9.78 Å². The van der Waals surface area contributed by atoms with Gasteiger partial charge in [-0.05, 0) is 60.9 Å². The standard InChI is InChI=1S/C26H24FN5O2/c1-2-24(34)31-13-10-19(11-14-31)32-26(29-18-5-4-12-28-16-18)20-15-17(8-9-22(20)30-32)25-21(27)6-3-7-23(25)33/h2-9,12,15-16,19,29,33H,1,10-11,13-14H2. The molecule has 1 amide bonds. The van der Waals surface area contributed by atoms with E-state index in [1.807, 2.05) is 28.9 Å². The SMILES string of the molecule is C=CC(=O)N1CCC(n2nc3ccc(-c4c(O)cccc4F)cc3c2Nc2cccnc2)CC1. The number of halogens is 1. The number of anilines is 2. The summed E-state index contributed by atoms with van der Waals surface area (Å²) in [7, 11) is 0. The van der Waals surface area contributed by atoms with Crippen molar-refractivity contribution in [3.05, 3.63) is 79.4 Å². The molecule has 5 rings (SSSR count). The first-order chi connectivity index (χ1) is 16.5. The minimum Gasteiger partial charge on any atom is -0.507 e. The molecule has 1 saturated heterocycles. The van der Waals surface area contributed by atoms with E-state index < -0.39 is 5.82 Å². The van der Waals surface area contributed by atoms with E-state index in [1.165, 1.54) is 24.3 Å². The Balaban J connectivity index is 1.58. The molecule has 0 spiro atoms. The number of phenols is 1. The van der Waals surface area contributed by atoms with Gasteiger partial charge < -0.3 is 15.3 Å². The summed E-state index contributed by atoms with van der Waals surface area (Å²) in [6.07, 6.45) is 6.26. The highest BCUT2D eigenvalue weighted by molar-refractivity contribution is 5.95. The van der Waals surface area contributed by atoms with Crippen molar-refractivity contribution in [1.82, 2.24) is 19.7 Å². The predicted octanol–water partition coefficient (Wildman–Crippen LogP) is 5.04. The van der Waals surface area contributed by atoms with Crippen LogP contribution in [0.3, 0.4) is 0 Å². The molecule has 0 atom stereocenters. The number of aromatic hydroxyl groups is 1. The maximum atomic E-state index is 14.6. The van der Waals surface area contributed by atoms with Crippen LogP contribution in [0, 0.1) is 5.82 Å². The molecular formula is C26H24FN5O2. The fourth-order valence-electron chi connectivity index (χ4n) is 4.48. The summed E-state index contributed by atoms with van der Waals surface area (Å²) in [5, 5.41) is 19.4. The summed E-state index contributed by atoms with van der Waals surface area (Å²) >= 11 is 0. The van der Waals surface area contributed by atoms with E-state index in [1.54, 1.807) is 23.4 Å². The van der Waals surface area contributed by atoms with Crippen molar-refractivity contribution in [2.45, 2.75) is 18.9 Å². The molecule has 1 aliphatic rings. The van der Waals surface area contributed by atoms with Crippen LogP contribution in [0.1, 0.15) is 18.9 Å². The van der Waals surface area contributed by atoms with Crippen LogP contribution in [0.15, 0.2) is 73.6 Å². The Morgan fingerprint density at radius 1 is 1.18 bits per heavy atom. The maximum absolute atomic E-state index is 14.6. The van der Waals surface area contributed by atoms with E-state index in [4.69, 9.17) is 5.10 Å². The second-order valence-electron chi connectivity index (χ2n) is 8.29. The lowest BCUT2D eigenvalue weighted by atomic mass is 10.0. The van der Waals surface area contributed by atoms with E-state index in [2.05, 4.69) is 16.9 Å². The van der Waals surface area contributed by atoms with Crippen molar-refractivity contribution in [2.75, 3.05) is 18.4 Å². The van der Waals surface area contributed by atoms with Crippen LogP contribution in [0.4, 0.5) is 15.9 Å². The molecule has 0 radical (unpaired) electrons. The highest BCUT2D eigenvalue weighted by Gasteiger charge is 2.26. The summed E-state index contributed by atoms with van der Waals surface area (Å²) in [6.45, 7) is 4.81. The lowest BCUT2D eigenvalue weighted by Crippen LogP contribution is -2.38. The van der Waals surface area contributed by atoms with Gasteiger partial charge in [-0.2, -0.15) is 5.10 Å². The zero-order valence-corrected chi connectivity index (χ0v) is 18.5. The number of nitrogens with zero attached hydrogens (tertiary/aromatic N) is 4. The molecule has 2 aromatic heterocycles. The number of hydrogen-bond donors (Lipinski definition) is 2. The molecule has 0 unspecified atom stereocenters. The normalized spacial score (nSPS) is 14.3. The fraction of sp³-hybridized carbons (Fsp3) is 0.192. The largest absolute Gasteiger partial charge is 0.507 e. The Morgan fingerprint density at radius 3 is 2.71 bits per heavy atom. The Hall–Kier alpha value is -4.20. The number of amides is 1. The molecule has 2 aromatic carbocycles. The van der Waals surface area contributed by atoms with E-state index in [0.29, 0.717) is 18.7 Å². The van der Waals surface area contributed by atoms with Crippen molar-refractivity contribution < 1.29 is 14.3 Å². The number of carbonyl (C=O) groups is 1. The second-order valence-corrected chi connectivity index (χ2v) is 8.29. The fourth-order valence-corrected chi connectivity index (χ4v) is 4.48. The molecule has 172 valence electrons. The highest BCUT2D eigenvalue weighted by atomic mass is 19.1. The number of benzene rings is 2. The first kappa shape index (κ1) is 21.6. The third-order valence-electron chi connectivity index (χ3n) is 6.20.